The maximum atomic E-state index is 10.5. The number of carbonyl (C=O) groups excluding carboxylic acids is 1. The average Bonchev–Trinajstić information content (AvgIpc) is 2.38. The predicted octanol–water partition coefficient (Wildman–Crippen LogP) is 0.553. The molecule has 0 bridgehead atoms. The normalized spacial score (nSPS) is 12.1. The van der Waals surface area contributed by atoms with Crippen LogP contribution in [0.3, 0.4) is 0 Å². The molecule has 0 saturated carbocycles. The smallest absolute Gasteiger partial charge is 0.243 e. The molecule has 1 amide bonds. The molecule has 106 valence electrons. The van der Waals surface area contributed by atoms with E-state index >= 15 is 0 Å². The molecule has 4 N–H and O–H groups in total. The van der Waals surface area contributed by atoms with Crippen molar-refractivity contribution in [1.82, 2.24) is 5.32 Å². The van der Waals surface area contributed by atoms with Gasteiger partial charge in [0, 0.05) is 18.2 Å². The van der Waals surface area contributed by atoms with E-state index in [-0.39, 0.29) is 18.4 Å². The second kappa shape index (κ2) is 7.60. The SMILES string of the molecule is COc1ccc(O)c(C(C)NCCOCC(N)=O)c1. The number of rotatable bonds is 8. The van der Waals surface area contributed by atoms with E-state index in [1.165, 1.54) is 0 Å². The highest BCUT2D eigenvalue weighted by molar-refractivity contribution is 5.74. The van der Waals surface area contributed by atoms with Crippen molar-refractivity contribution in [3.8, 4) is 11.5 Å². The van der Waals surface area contributed by atoms with E-state index in [1.54, 1.807) is 25.3 Å². The zero-order valence-electron chi connectivity index (χ0n) is 11.2. The lowest BCUT2D eigenvalue weighted by molar-refractivity contribution is -0.122. The molecule has 0 aliphatic rings. The van der Waals surface area contributed by atoms with Crippen molar-refractivity contribution >= 4 is 5.91 Å². The monoisotopic (exact) mass is 268 g/mol. The fourth-order valence-electron chi connectivity index (χ4n) is 1.64. The maximum absolute atomic E-state index is 10.5. The number of amides is 1. The van der Waals surface area contributed by atoms with Crippen molar-refractivity contribution in [1.29, 1.82) is 0 Å². The number of phenols is 1. The topological polar surface area (TPSA) is 93.8 Å². The van der Waals surface area contributed by atoms with Gasteiger partial charge >= 0.3 is 0 Å². The third-order valence-corrected chi connectivity index (χ3v) is 2.64. The number of nitrogens with one attached hydrogen (secondary N) is 1. The second-order valence-electron chi connectivity index (χ2n) is 4.12. The summed E-state index contributed by atoms with van der Waals surface area (Å²) in [5, 5.41) is 13.0. The Labute approximate surface area is 112 Å². The summed E-state index contributed by atoms with van der Waals surface area (Å²) in [7, 11) is 1.58. The van der Waals surface area contributed by atoms with Crippen LogP contribution in [0.1, 0.15) is 18.5 Å². The molecule has 1 unspecified atom stereocenters. The Morgan fingerprint density at radius 1 is 1.53 bits per heavy atom. The molecule has 0 spiro atoms. The Balaban J connectivity index is 2.44. The molecule has 0 aliphatic heterocycles. The summed E-state index contributed by atoms with van der Waals surface area (Å²) in [5.41, 5.74) is 5.69. The number of phenolic OH excluding ortho intramolecular Hbond substituents is 1. The molecule has 0 heterocycles. The van der Waals surface area contributed by atoms with Gasteiger partial charge in [-0.05, 0) is 25.1 Å². The summed E-state index contributed by atoms with van der Waals surface area (Å²) < 4.78 is 10.1. The molecule has 0 aliphatic carbocycles. The number of ether oxygens (including phenoxy) is 2. The molecule has 6 nitrogen and oxygen atoms in total. The molecule has 1 rings (SSSR count). The summed E-state index contributed by atoms with van der Waals surface area (Å²) in [6, 6.07) is 5.00. The van der Waals surface area contributed by atoms with Crippen LogP contribution >= 0.6 is 0 Å². The number of hydrogen-bond acceptors (Lipinski definition) is 5. The minimum absolute atomic E-state index is 0.0627. The molecule has 1 atom stereocenters. The second-order valence-corrected chi connectivity index (χ2v) is 4.12. The number of primary amides is 1. The Morgan fingerprint density at radius 2 is 2.26 bits per heavy atom. The third kappa shape index (κ3) is 5.15. The van der Waals surface area contributed by atoms with E-state index in [1.807, 2.05) is 6.92 Å². The number of nitrogens with two attached hydrogens (primary N) is 1. The number of hydrogen-bond donors (Lipinski definition) is 3. The minimum atomic E-state index is -0.488. The standard InChI is InChI=1S/C13H20N2O4/c1-9(15-5-6-19-8-13(14)17)11-7-10(18-2)3-4-12(11)16/h3-4,7,9,15-16H,5-6,8H2,1-2H3,(H2,14,17). The Kier molecular flexibility index (Phi) is 6.11. The van der Waals surface area contributed by atoms with Crippen LogP contribution in [0.15, 0.2) is 18.2 Å². The Hall–Kier alpha value is -1.79. The van der Waals surface area contributed by atoms with E-state index in [9.17, 15) is 9.90 Å². The molecular formula is C13H20N2O4. The number of aromatic hydroxyl groups is 1. The first-order valence-corrected chi connectivity index (χ1v) is 6.01. The van der Waals surface area contributed by atoms with Crippen LogP contribution in [0.2, 0.25) is 0 Å². The lowest BCUT2D eigenvalue weighted by Crippen LogP contribution is -2.26. The fourth-order valence-corrected chi connectivity index (χ4v) is 1.64. The van der Waals surface area contributed by atoms with Gasteiger partial charge in [-0.25, -0.2) is 0 Å². The molecule has 0 aromatic heterocycles. The van der Waals surface area contributed by atoms with Crippen LogP contribution in [0, 0.1) is 0 Å². The van der Waals surface area contributed by atoms with Gasteiger partial charge in [-0.2, -0.15) is 0 Å². The first kappa shape index (κ1) is 15.3. The van der Waals surface area contributed by atoms with Crippen molar-refractivity contribution in [2.75, 3.05) is 26.9 Å². The highest BCUT2D eigenvalue weighted by atomic mass is 16.5. The van der Waals surface area contributed by atoms with Crippen LogP contribution in [0.25, 0.3) is 0 Å². The largest absolute Gasteiger partial charge is 0.508 e. The lowest BCUT2D eigenvalue weighted by atomic mass is 10.1. The van der Waals surface area contributed by atoms with Crippen molar-refractivity contribution in [2.45, 2.75) is 13.0 Å². The molecular weight excluding hydrogens is 248 g/mol. The van der Waals surface area contributed by atoms with E-state index < -0.39 is 5.91 Å². The van der Waals surface area contributed by atoms with Gasteiger partial charge < -0.3 is 25.6 Å². The molecule has 6 heteroatoms. The highest BCUT2D eigenvalue weighted by Gasteiger charge is 2.10. The van der Waals surface area contributed by atoms with Gasteiger partial charge in [-0.1, -0.05) is 0 Å². The summed E-state index contributed by atoms with van der Waals surface area (Å²) in [5.74, 6) is 0.406. The Bertz CT molecular complexity index is 423. The molecule has 0 saturated heterocycles. The first-order valence-electron chi connectivity index (χ1n) is 6.01. The van der Waals surface area contributed by atoms with Gasteiger partial charge in [0.1, 0.15) is 18.1 Å². The van der Waals surface area contributed by atoms with E-state index in [2.05, 4.69) is 5.32 Å². The van der Waals surface area contributed by atoms with E-state index in [0.29, 0.717) is 18.9 Å². The van der Waals surface area contributed by atoms with Gasteiger partial charge in [0.15, 0.2) is 0 Å². The maximum Gasteiger partial charge on any atom is 0.243 e. The number of carbonyl (C=O) groups is 1. The molecule has 0 radical (unpaired) electrons. The summed E-state index contributed by atoms with van der Waals surface area (Å²) in [4.78, 5) is 10.5. The zero-order valence-corrected chi connectivity index (χ0v) is 11.2. The zero-order chi connectivity index (χ0) is 14.3. The number of benzene rings is 1. The molecule has 1 aromatic rings. The van der Waals surface area contributed by atoms with E-state index in [0.717, 1.165) is 5.56 Å². The van der Waals surface area contributed by atoms with Gasteiger partial charge in [0.2, 0.25) is 5.91 Å². The average molecular weight is 268 g/mol. The predicted molar refractivity (Wildman–Crippen MR) is 71.1 cm³/mol. The van der Waals surface area contributed by atoms with Crippen molar-refractivity contribution in [2.24, 2.45) is 5.73 Å². The van der Waals surface area contributed by atoms with Gasteiger partial charge in [0.05, 0.1) is 13.7 Å². The minimum Gasteiger partial charge on any atom is -0.508 e. The summed E-state index contributed by atoms with van der Waals surface area (Å²) in [6.07, 6.45) is 0. The summed E-state index contributed by atoms with van der Waals surface area (Å²) >= 11 is 0. The van der Waals surface area contributed by atoms with Crippen LogP contribution in [-0.4, -0.2) is 37.9 Å². The van der Waals surface area contributed by atoms with Crippen LogP contribution < -0.4 is 15.8 Å². The fraction of sp³-hybridized carbons (Fsp3) is 0.462. The third-order valence-electron chi connectivity index (χ3n) is 2.64. The molecule has 19 heavy (non-hydrogen) atoms. The van der Waals surface area contributed by atoms with Crippen LogP contribution in [0.4, 0.5) is 0 Å². The highest BCUT2D eigenvalue weighted by Crippen LogP contribution is 2.27. The van der Waals surface area contributed by atoms with Gasteiger partial charge in [-0.3, -0.25) is 4.79 Å². The summed E-state index contributed by atoms with van der Waals surface area (Å²) in [6.45, 7) is 2.76. The first-order chi connectivity index (χ1) is 9.04. The van der Waals surface area contributed by atoms with Crippen molar-refractivity contribution in [3.05, 3.63) is 23.8 Å². The van der Waals surface area contributed by atoms with Gasteiger partial charge in [-0.15, -0.1) is 0 Å². The van der Waals surface area contributed by atoms with Crippen LogP contribution in [-0.2, 0) is 9.53 Å². The lowest BCUT2D eigenvalue weighted by Gasteiger charge is -2.16. The number of methoxy groups -OCH3 is 1. The Morgan fingerprint density at radius 3 is 2.89 bits per heavy atom. The molecule has 0 fully saturated rings. The molecule has 1 aromatic carbocycles. The van der Waals surface area contributed by atoms with Crippen molar-refractivity contribution < 1.29 is 19.4 Å². The van der Waals surface area contributed by atoms with E-state index in [4.69, 9.17) is 15.2 Å². The van der Waals surface area contributed by atoms with Crippen LogP contribution in [0.5, 0.6) is 11.5 Å². The van der Waals surface area contributed by atoms with Gasteiger partial charge in [0.25, 0.3) is 0 Å². The quantitative estimate of drug-likeness (QED) is 0.599. The van der Waals surface area contributed by atoms with Crippen molar-refractivity contribution in [3.63, 3.8) is 0 Å².